The lowest BCUT2D eigenvalue weighted by Gasteiger charge is -2.26. The number of carbonyl (C=O) groups is 1. The molecule has 1 aliphatic heterocycles. The average Bonchev–Trinajstić information content (AvgIpc) is 2.59. The van der Waals surface area contributed by atoms with Crippen molar-refractivity contribution < 1.29 is 14.3 Å². The van der Waals surface area contributed by atoms with Crippen LogP contribution in [0.4, 0.5) is 5.69 Å². The van der Waals surface area contributed by atoms with Gasteiger partial charge in [0, 0.05) is 11.9 Å². The Balaban J connectivity index is 1.99. The molecule has 0 aromatic heterocycles. The second-order valence-corrected chi connectivity index (χ2v) is 6.14. The third-order valence-electron chi connectivity index (χ3n) is 3.67. The Bertz CT molecular complexity index is 786. The molecule has 118 valence electrons. The van der Waals surface area contributed by atoms with Crippen LogP contribution in [0, 0.1) is 0 Å². The van der Waals surface area contributed by atoms with E-state index in [1.807, 2.05) is 48.5 Å². The van der Waals surface area contributed by atoms with Gasteiger partial charge in [-0.15, -0.1) is 0 Å². The fourth-order valence-electron chi connectivity index (χ4n) is 2.44. The summed E-state index contributed by atoms with van der Waals surface area (Å²) >= 11 is 1.48. The summed E-state index contributed by atoms with van der Waals surface area (Å²) < 4.78 is 10.6. The minimum Gasteiger partial charge on any atom is -0.493 e. The fraction of sp³-hybridized carbons (Fsp3) is 0.167. The molecule has 1 amide bonds. The molecule has 0 fully saturated rings. The van der Waals surface area contributed by atoms with Crippen LogP contribution in [0.2, 0.25) is 0 Å². The lowest BCUT2D eigenvalue weighted by atomic mass is 10.1. The topological polar surface area (TPSA) is 38.8 Å². The van der Waals surface area contributed by atoms with Gasteiger partial charge in [0.1, 0.15) is 0 Å². The molecule has 0 spiro atoms. The predicted octanol–water partition coefficient (Wildman–Crippen LogP) is 3.81. The van der Waals surface area contributed by atoms with Gasteiger partial charge in [-0.2, -0.15) is 0 Å². The second-order valence-electron chi connectivity index (χ2n) is 5.06. The zero-order chi connectivity index (χ0) is 16.4. The molecule has 0 saturated heterocycles. The highest BCUT2D eigenvalue weighted by Gasteiger charge is 2.25. The van der Waals surface area contributed by atoms with E-state index in [4.69, 9.17) is 9.47 Å². The molecule has 1 aliphatic rings. The van der Waals surface area contributed by atoms with Crippen LogP contribution in [-0.2, 0) is 4.79 Å². The van der Waals surface area contributed by atoms with Crippen molar-refractivity contribution >= 4 is 29.4 Å². The summed E-state index contributed by atoms with van der Waals surface area (Å²) in [5, 5.41) is 0. The van der Waals surface area contributed by atoms with E-state index < -0.39 is 0 Å². The molecule has 2 aromatic carbocycles. The van der Waals surface area contributed by atoms with Gasteiger partial charge in [-0.25, -0.2) is 0 Å². The van der Waals surface area contributed by atoms with Gasteiger partial charge in [0.05, 0.1) is 24.8 Å². The molecular weight excluding hydrogens is 310 g/mol. The predicted molar refractivity (Wildman–Crippen MR) is 93.2 cm³/mol. The highest BCUT2D eigenvalue weighted by Crippen LogP contribution is 2.41. The van der Waals surface area contributed by atoms with Gasteiger partial charge in [-0.05, 0) is 35.9 Å². The average molecular weight is 327 g/mol. The van der Waals surface area contributed by atoms with E-state index in [2.05, 4.69) is 0 Å². The summed E-state index contributed by atoms with van der Waals surface area (Å²) in [5.74, 6) is 1.30. The second kappa shape index (κ2) is 6.38. The third kappa shape index (κ3) is 2.92. The van der Waals surface area contributed by atoms with E-state index in [-0.39, 0.29) is 5.91 Å². The fourth-order valence-corrected chi connectivity index (χ4v) is 3.55. The summed E-state index contributed by atoms with van der Waals surface area (Å²) in [6.45, 7) is 0. The molecule has 0 N–H and O–H groups in total. The number of ether oxygens (including phenoxy) is 2. The first-order valence-corrected chi connectivity index (χ1v) is 7.94. The van der Waals surface area contributed by atoms with Crippen molar-refractivity contribution in [1.82, 2.24) is 0 Å². The summed E-state index contributed by atoms with van der Waals surface area (Å²) in [4.78, 5) is 16.0. The van der Waals surface area contributed by atoms with Crippen molar-refractivity contribution in [2.45, 2.75) is 4.90 Å². The number of likely N-dealkylation sites (N-methyl/N-ethyl adjacent to an activating group) is 1. The van der Waals surface area contributed by atoms with Crippen molar-refractivity contribution in [2.24, 2.45) is 0 Å². The Morgan fingerprint density at radius 1 is 1.04 bits per heavy atom. The molecule has 0 unspecified atom stereocenters. The molecule has 4 nitrogen and oxygen atoms in total. The first kappa shape index (κ1) is 15.5. The zero-order valence-electron chi connectivity index (χ0n) is 13.2. The molecule has 0 bridgehead atoms. The van der Waals surface area contributed by atoms with Crippen LogP contribution in [0.1, 0.15) is 5.56 Å². The minimum absolute atomic E-state index is 0.0107. The SMILES string of the molecule is COc1ccc(/C=C2\Sc3ccccc3N(C)C2=O)cc1OC. The number of rotatable bonds is 3. The summed E-state index contributed by atoms with van der Waals surface area (Å²) in [6.07, 6.45) is 1.88. The quantitative estimate of drug-likeness (QED) is 0.804. The van der Waals surface area contributed by atoms with Crippen LogP contribution in [0.25, 0.3) is 6.08 Å². The highest BCUT2D eigenvalue weighted by atomic mass is 32.2. The number of para-hydroxylation sites is 1. The number of nitrogens with zero attached hydrogens (tertiary/aromatic N) is 1. The lowest BCUT2D eigenvalue weighted by Crippen LogP contribution is -2.29. The number of hydrogen-bond acceptors (Lipinski definition) is 4. The molecule has 5 heteroatoms. The van der Waals surface area contributed by atoms with Crippen molar-refractivity contribution in [2.75, 3.05) is 26.2 Å². The van der Waals surface area contributed by atoms with Gasteiger partial charge >= 0.3 is 0 Å². The molecule has 23 heavy (non-hydrogen) atoms. The number of fused-ring (bicyclic) bond motifs is 1. The number of thioether (sulfide) groups is 1. The number of carbonyl (C=O) groups excluding carboxylic acids is 1. The van der Waals surface area contributed by atoms with Crippen molar-refractivity contribution in [3.8, 4) is 11.5 Å². The first-order chi connectivity index (χ1) is 11.1. The van der Waals surface area contributed by atoms with E-state index in [0.717, 1.165) is 16.1 Å². The molecule has 1 heterocycles. The van der Waals surface area contributed by atoms with Gasteiger partial charge in [-0.3, -0.25) is 4.79 Å². The van der Waals surface area contributed by atoms with Crippen LogP contribution in [-0.4, -0.2) is 27.2 Å². The van der Waals surface area contributed by atoms with Gasteiger partial charge in [-0.1, -0.05) is 30.0 Å². The third-order valence-corrected chi connectivity index (χ3v) is 4.74. The summed E-state index contributed by atoms with van der Waals surface area (Å²) in [6, 6.07) is 13.5. The molecule has 2 aromatic rings. The van der Waals surface area contributed by atoms with Crippen molar-refractivity contribution in [1.29, 1.82) is 0 Å². The largest absolute Gasteiger partial charge is 0.493 e. The Labute approximate surface area is 139 Å². The molecule has 0 atom stereocenters. The van der Waals surface area contributed by atoms with Gasteiger partial charge in [0.15, 0.2) is 11.5 Å². The van der Waals surface area contributed by atoms with Crippen molar-refractivity contribution in [3.63, 3.8) is 0 Å². The summed E-state index contributed by atoms with van der Waals surface area (Å²) in [5.41, 5.74) is 1.83. The van der Waals surface area contributed by atoms with Crippen molar-refractivity contribution in [3.05, 3.63) is 52.9 Å². The van der Waals surface area contributed by atoms with Crippen LogP contribution in [0.15, 0.2) is 52.3 Å². The minimum atomic E-state index is -0.0107. The Kier molecular flexibility index (Phi) is 4.30. The Morgan fingerprint density at radius 2 is 1.78 bits per heavy atom. The van der Waals surface area contributed by atoms with Crippen LogP contribution in [0.3, 0.4) is 0 Å². The van der Waals surface area contributed by atoms with E-state index >= 15 is 0 Å². The molecule has 0 aliphatic carbocycles. The molecular formula is C18H17NO3S. The summed E-state index contributed by atoms with van der Waals surface area (Å²) in [7, 11) is 4.99. The monoisotopic (exact) mass is 327 g/mol. The van der Waals surface area contributed by atoms with Gasteiger partial charge in [0.25, 0.3) is 5.91 Å². The van der Waals surface area contributed by atoms with Crippen LogP contribution >= 0.6 is 11.8 Å². The van der Waals surface area contributed by atoms with Crippen LogP contribution < -0.4 is 14.4 Å². The van der Waals surface area contributed by atoms with E-state index in [1.165, 1.54) is 11.8 Å². The molecule has 0 saturated carbocycles. The first-order valence-electron chi connectivity index (χ1n) is 7.12. The lowest BCUT2D eigenvalue weighted by molar-refractivity contribution is -0.114. The van der Waals surface area contributed by atoms with Crippen LogP contribution in [0.5, 0.6) is 11.5 Å². The molecule has 3 rings (SSSR count). The maximum atomic E-state index is 12.6. The number of hydrogen-bond donors (Lipinski definition) is 0. The van der Waals surface area contributed by atoms with E-state index in [1.54, 1.807) is 26.2 Å². The number of methoxy groups -OCH3 is 2. The standard InChI is InChI=1S/C18H17NO3S/c1-19-13-6-4-5-7-16(13)23-17(18(19)20)11-12-8-9-14(21-2)15(10-12)22-3/h4-11H,1-3H3/b17-11-. The Morgan fingerprint density at radius 3 is 2.52 bits per heavy atom. The maximum absolute atomic E-state index is 12.6. The number of anilines is 1. The van der Waals surface area contributed by atoms with E-state index in [0.29, 0.717) is 16.4 Å². The number of amides is 1. The van der Waals surface area contributed by atoms with Gasteiger partial charge < -0.3 is 14.4 Å². The van der Waals surface area contributed by atoms with Gasteiger partial charge in [0.2, 0.25) is 0 Å². The smallest absolute Gasteiger partial charge is 0.264 e. The highest BCUT2D eigenvalue weighted by molar-refractivity contribution is 8.04. The maximum Gasteiger partial charge on any atom is 0.264 e. The van der Waals surface area contributed by atoms with E-state index in [9.17, 15) is 4.79 Å². The zero-order valence-corrected chi connectivity index (χ0v) is 14.0. The normalized spacial score (nSPS) is 15.5. The molecule has 0 radical (unpaired) electrons. The Hall–Kier alpha value is -2.40. The number of benzene rings is 2.